The van der Waals surface area contributed by atoms with Crippen LogP contribution in [0, 0.1) is 11.3 Å². The summed E-state index contributed by atoms with van der Waals surface area (Å²) in [6, 6.07) is 17.1. The normalized spacial score (nSPS) is 28.4. The van der Waals surface area contributed by atoms with Gasteiger partial charge in [0.2, 0.25) is 0 Å². The highest BCUT2D eigenvalue weighted by molar-refractivity contribution is 6.30. The zero-order valence-corrected chi connectivity index (χ0v) is 19.5. The number of hydrogen-bond acceptors (Lipinski definition) is 1. The molecule has 2 unspecified atom stereocenters. The summed E-state index contributed by atoms with van der Waals surface area (Å²) in [6.45, 7) is 11.6. The summed E-state index contributed by atoms with van der Waals surface area (Å²) in [5, 5.41) is 1.54. The topological polar surface area (TPSA) is 12.2 Å². The smallest absolute Gasteiger partial charge is 0.343 e. The highest BCUT2D eigenvalue weighted by atomic mass is 35.5. The third-order valence-corrected chi connectivity index (χ3v) is 7.19. The molecule has 4 atom stereocenters. The van der Waals surface area contributed by atoms with E-state index < -0.39 is 0 Å². The Hall–Kier alpha value is -1.77. The van der Waals surface area contributed by atoms with E-state index in [4.69, 9.17) is 27.9 Å². The molecular weight excluding hydrogens is 413 g/mol. The zero-order chi connectivity index (χ0) is 21.5. The van der Waals surface area contributed by atoms with Crippen LogP contribution in [0.4, 0.5) is 0 Å². The Morgan fingerprint density at radius 1 is 1.13 bits per heavy atom. The first-order valence-corrected chi connectivity index (χ1v) is 11.5. The molecule has 4 heteroatoms. The van der Waals surface area contributed by atoms with Gasteiger partial charge in [-0.2, -0.15) is 4.58 Å². The van der Waals surface area contributed by atoms with Gasteiger partial charge < -0.3 is 4.74 Å². The van der Waals surface area contributed by atoms with Crippen LogP contribution < -0.4 is 0 Å². The van der Waals surface area contributed by atoms with E-state index in [0.29, 0.717) is 12.0 Å². The molecule has 30 heavy (non-hydrogen) atoms. The van der Waals surface area contributed by atoms with Gasteiger partial charge in [-0.05, 0) is 49.6 Å². The van der Waals surface area contributed by atoms with Crippen LogP contribution in [0.1, 0.15) is 56.7 Å². The van der Waals surface area contributed by atoms with E-state index in [1.807, 2.05) is 24.3 Å². The van der Waals surface area contributed by atoms with Gasteiger partial charge in [-0.1, -0.05) is 67.4 Å². The average molecular weight is 443 g/mol. The summed E-state index contributed by atoms with van der Waals surface area (Å²) in [4.78, 5) is 0. The minimum absolute atomic E-state index is 0.0959. The van der Waals surface area contributed by atoms with Crippen molar-refractivity contribution in [2.24, 2.45) is 11.3 Å². The Kier molecular flexibility index (Phi) is 6.01. The Morgan fingerprint density at radius 3 is 2.50 bits per heavy atom. The van der Waals surface area contributed by atoms with Gasteiger partial charge in [0.15, 0.2) is 18.7 Å². The van der Waals surface area contributed by atoms with Crippen LogP contribution in [0.2, 0.25) is 10.0 Å². The highest BCUT2D eigenvalue weighted by Crippen LogP contribution is 2.51. The molecule has 2 nitrogen and oxygen atoms in total. The van der Waals surface area contributed by atoms with Crippen LogP contribution in [0.15, 0.2) is 61.2 Å². The van der Waals surface area contributed by atoms with E-state index in [0.717, 1.165) is 35.4 Å². The van der Waals surface area contributed by atoms with Crippen molar-refractivity contribution in [2.45, 2.75) is 51.6 Å². The average Bonchev–Trinajstić information content (AvgIpc) is 3.15. The predicted molar refractivity (Wildman–Crippen MR) is 126 cm³/mol. The third kappa shape index (κ3) is 3.81. The van der Waals surface area contributed by atoms with Crippen molar-refractivity contribution in [2.75, 3.05) is 6.61 Å². The maximum Gasteiger partial charge on any atom is 0.343 e. The van der Waals surface area contributed by atoms with Gasteiger partial charge in [0.25, 0.3) is 0 Å². The predicted octanol–water partition coefficient (Wildman–Crippen LogP) is 7.27. The number of benzene rings is 2. The van der Waals surface area contributed by atoms with Gasteiger partial charge in [-0.3, -0.25) is 0 Å². The van der Waals surface area contributed by atoms with Gasteiger partial charge >= 0.3 is 5.90 Å². The fourth-order valence-corrected chi connectivity index (χ4v) is 5.58. The molecule has 0 aromatic heterocycles. The molecule has 158 valence electrons. The molecule has 2 heterocycles. The molecule has 0 N–H and O–H groups in total. The minimum atomic E-state index is -0.0959. The molecule has 0 saturated carbocycles. The van der Waals surface area contributed by atoms with E-state index in [9.17, 15) is 0 Å². The van der Waals surface area contributed by atoms with Crippen molar-refractivity contribution in [3.8, 4) is 0 Å². The van der Waals surface area contributed by atoms with E-state index in [1.165, 1.54) is 11.1 Å². The summed E-state index contributed by atoms with van der Waals surface area (Å²) < 4.78 is 8.99. The van der Waals surface area contributed by atoms with Gasteiger partial charge in [-0.25, -0.2) is 0 Å². The third-order valence-electron chi connectivity index (χ3n) is 6.70. The number of hydrogen-bond donors (Lipinski definition) is 0. The summed E-state index contributed by atoms with van der Waals surface area (Å²) in [6.07, 6.45) is 3.88. The largest absolute Gasteiger partial charge is 0.441 e. The maximum absolute atomic E-state index is 6.43. The SMILES string of the molecule is C=CC[C@@]1(C)CC(c2cccc(Cl)c2)C(c2ccc(Cl)cc2)[N+]2=C1OC[C@@H]2C(C)C. The number of halogens is 2. The minimum Gasteiger partial charge on any atom is -0.441 e. The molecular formula is C26H30Cl2NO+. The first-order chi connectivity index (χ1) is 14.3. The van der Waals surface area contributed by atoms with Gasteiger partial charge in [0.1, 0.15) is 0 Å². The quantitative estimate of drug-likeness (QED) is 0.350. The molecule has 2 aliphatic rings. The van der Waals surface area contributed by atoms with Crippen LogP contribution in [0.5, 0.6) is 0 Å². The monoisotopic (exact) mass is 442 g/mol. The summed E-state index contributed by atoms with van der Waals surface area (Å²) in [7, 11) is 0. The van der Waals surface area contributed by atoms with E-state index >= 15 is 0 Å². The molecule has 0 bridgehead atoms. The van der Waals surface area contributed by atoms with Crippen LogP contribution in [-0.4, -0.2) is 23.1 Å². The van der Waals surface area contributed by atoms with Crippen LogP contribution in [0.25, 0.3) is 0 Å². The fraction of sp³-hybridized carbons (Fsp3) is 0.423. The number of nitrogens with zero attached hydrogens (tertiary/aromatic N) is 1. The van der Waals surface area contributed by atoms with Crippen LogP contribution >= 0.6 is 23.2 Å². The molecule has 0 radical (unpaired) electrons. The molecule has 2 aliphatic heterocycles. The maximum atomic E-state index is 6.43. The van der Waals surface area contributed by atoms with Gasteiger partial charge in [-0.15, -0.1) is 6.58 Å². The van der Waals surface area contributed by atoms with E-state index in [-0.39, 0.29) is 17.4 Å². The standard InChI is InChI=1S/C26H30Cl2NO/c1-5-13-26(4)15-22(19-7-6-8-21(28)14-19)24(18-9-11-20(27)12-10-18)29-23(17(2)3)16-30-25(26)29/h5-12,14,17,22-24H,1,13,15-16H2,2-4H3/q+1/t22?,23-,24?,26+/m1/s1. The lowest BCUT2D eigenvalue weighted by atomic mass is 9.69. The lowest BCUT2D eigenvalue weighted by Gasteiger charge is -2.39. The molecule has 0 saturated heterocycles. The molecule has 2 aromatic carbocycles. The molecule has 2 aromatic rings. The first kappa shape index (κ1) is 21.5. The van der Waals surface area contributed by atoms with Crippen molar-refractivity contribution >= 4 is 29.1 Å². The molecule has 0 fully saturated rings. The van der Waals surface area contributed by atoms with E-state index in [2.05, 4.69) is 62.3 Å². The number of allylic oxidation sites excluding steroid dienone is 1. The van der Waals surface area contributed by atoms with Crippen molar-refractivity contribution in [3.05, 3.63) is 82.4 Å². The number of ether oxygens (including phenoxy) is 1. The lowest BCUT2D eigenvalue weighted by molar-refractivity contribution is -0.616. The van der Waals surface area contributed by atoms with Crippen molar-refractivity contribution in [1.82, 2.24) is 0 Å². The Morgan fingerprint density at radius 2 is 1.87 bits per heavy atom. The van der Waals surface area contributed by atoms with E-state index in [1.54, 1.807) is 0 Å². The summed E-state index contributed by atoms with van der Waals surface area (Å²) in [5.41, 5.74) is 2.44. The second-order valence-corrected chi connectivity index (χ2v) is 10.1. The van der Waals surface area contributed by atoms with Gasteiger partial charge in [0, 0.05) is 21.5 Å². The Balaban J connectivity index is 1.94. The zero-order valence-electron chi connectivity index (χ0n) is 17.9. The second kappa shape index (κ2) is 8.40. The van der Waals surface area contributed by atoms with Crippen molar-refractivity contribution in [1.29, 1.82) is 0 Å². The molecule has 0 spiro atoms. The highest BCUT2D eigenvalue weighted by Gasteiger charge is 2.57. The van der Waals surface area contributed by atoms with Crippen molar-refractivity contribution in [3.63, 3.8) is 0 Å². The van der Waals surface area contributed by atoms with Crippen molar-refractivity contribution < 1.29 is 9.31 Å². The second-order valence-electron chi connectivity index (χ2n) is 9.25. The Labute approximate surface area is 190 Å². The Bertz CT molecular complexity index is 965. The lowest BCUT2D eigenvalue weighted by Crippen LogP contribution is -2.46. The van der Waals surface area contributed by atoms with Gasteiger partial charge in [0.05, 0.1) is 11.3 Å². The number of rotatable bonds is 5. The molecule has 4 rings (SSSR count). The molecule has 0 aliphatic carbocycles. The van der Waals surface area contributed by atoms with Crippen LogP contribution in [0.3, 0.4) is 0 Å². The molecule has 0 amide bonds. The first-order valence-electron chi connectivity index (χ1n) is 10.7. The van der Waals surface area contributed by atoms with Crippen LogP contribution in [-0.2, 0) is 4.74 Å². The summed E-state index contributed by atoms with van der Waals surface area (Å²) >= 11 is 12.7. The fourth-order valence-electron chi connectivity index (χ4n) is 5.26. The summed E-state index contributed by atoms with van der Waals surface area (Å²) in [5.74, 6) is 1.87.